The molecule has 2 atom stereocenters. The minimum Gasteiger partial charge on any atom is -0.493 e. The zero-order chi connectivity index (χ0) is 20.6. The number of fused-ring (bicyclic) bond motifs is 1. The summed E-state index contributed by atoms with van der Waals surface area (Å²) >= 11 is 0. The van der Waals surface area contributed by atoms with E-state index in [1.165, 1.54) is 0 Å². The summed E-state index contributed by atoms with van der Waals surface area (Å²) in [6.07, 6.45) is 0. The Morgan fingerprint density at radius 1 is 0.966 bits per heavy atom. The highest BCUT2D eigenvalue weighted by Gasteiger charge is 2.49. The molecule has 2 aliphatic heterocycles. The largest absolute Gasteiger partial charge is 0.493 e. The van der Waals surface area contributed by atoms with Gasteiger partial charge in [-0.05, 0) is 29.8 Å². The molecule has 0 N–H and O–H groups in total. The SMILES string of the molecule is COc1ccc(CN2CC(=O)N(c3ccccc3)[C@@H]3CS(=O)(=O)C[C@H]32)cc1OC. The zero-order valence-electron chi connectivity index (χ0n) is 16.4. The molecule has 2 saturated heterocycles. The van der Waals surface area contributed by atoms with E-state index >= 15 is 0 Å². The van der Waals surface area contributed by atoms with E-state index in [1.54, 1.807) is 19.1 Å². The molecule has 2 fully saturated rings. The molecule has 2 aromatic carbocycles. The van der Waals surface area contributed by atoms with E-state index in [0.717, 1.165) is 11.3 Å². The molecular weight excluding hydrogens is 392 g/mol. The number of anilines is 1. The number of hydrogen-bond acceptors (Lipinski definition) is 6. The molecule has 8 heteroatoms. The van der Waals surface area contributed by atoms with E-state index in [0.29, 0.717) is 18.0 Å². The molecule has 0 aromatic heterocycles. The van der Waals surface area contributed by atoms with Crippen LogP contribution in [0.1, 0.15) is 5.56 Å². The number of piperazine rings is 1. The van der Waals surface area contributed by atoms with Gasteiger partial charge in [-0.2, -0.15) is 0 Å². The Bertz CT molecular complexity index is 1010. The van der Waals surface area contributed by atoms with Gasteiger partial charge in [0.1, 0.15) is 0 Å². The standard InChI is InChI=1S/C21H24N2O5S/c1-27-19-9-8-15(10-20(19)28-2)11-22-12-21(24)23(16-6-4-3-5-7-16)18-14-29(25,26)13-17(18)22/h3-10,17-18H,11-14H2,1-2H3/t17-,18-/m1/s1. The van der Waals surface area contributed by atoms with Gasteiger partial charge in [0.2, 0.25) is 5.91 Å². The number of rotatable bonds is 5. The Balaban J connectivity index is 1.64. The summed E-state index contributed by atoms with van der Waals surface area (Å²) in [6.45, 7) is 0.630. The van der Waals surface area contributed by atoms with Crippen LogP contribution in [0.25, 0.3) is 0 Å². The average Bonchev–Trinajstić information content (AvgIpc) is 3.03. The summed E-state index contributed by atoms with van der Waals surface area (Å²) in [5, 5.41) is 0. The number of carbonyl (C=O) groups excluding carboxylic acids is 1. The lowest BCUT2D eigenvalue weighted by Gasteiger charge is -2.43. The van der Waals surface area contributed by atoms with Crippen molar-refractivity contribution >= 4 is 21.4 Å². The van der Waals surface area contributed by atoms with E-state index < -0.39 is 9.84 Å². The van der Waals surface area contributed by atoms with Crippen molar-refractivity contribution in [3.05, 3.63) is 54.1 Å². The molecular formula is C21H24N2O5S. The third-order valence-corrected chi connectivity index (χ3v) is 7.27. The molecule has 0 spiro atoms. The van der Waals surface area contributed by atoms with Crippen LogP contribution in [-0.4, -0.2) is 63.6 Å². The van der Waals surface area contributed by atoms with Crippen LogP contribution < -0.4 is 14.4 Å². The summed E-state index contributed by atoms with van der Waals surface area (Å²) < 4.78 is 35.6. The highest BCUT2D eigenvalue weighted by atomic mass is 32.2. The van der Waals surface area contributed by atoms with Crippen molar-refractivity contribution in [1.82, 2.24) is 4.90 Å². The third-order valence-electron chi connectivity index (χ3n) is 5.57. The predicted molar refractivity (Wildman–Crippen MR) is 110 cm³/mol. The molecule has 2 heterocycles. The number of nitrogens with zero attached hydrogens (tertiary/aromatic N) is 2. The number of methoxy groups -OCH3 is 2. The second-order valence-electron chi connectivity index (χ2n) is 7.41. The summed E-state index contributed by atoms with van der Waals surface area (Å²) in [5.74, 6) is 1.19. The second kappa shape index (κ2) is 7.68. The van der Waals surface area contributed by atoms with Crippen LogP contribution in [0.5, 0.6) is 11.5 Å². The van der Waals surface area contributed by atoms with Crippen LogP contribution >= 0.6 is 0 Å². The fourth-order valence-electron chi connectivity index (χ4n) is 4.27. The van der Waals surface area contributed by atoms with Crippen molar-refractivity contribution < 1.29 is 22.7 Å². The van der Waals surface area contributed by atoms with Crippen LogP contribution in [-0.2, 0) is 21.2 Å². The van der Waals surface area contributed by atoms with Gasteiger partial charge in [0.05, 0.1) is 38.3 Å². The van der Waals surface area contributed by atoms with Crippen molar-refractivity contribution in [2.75, 3.05) is 37.2 Å². The second-order valence-corrected chi connectivity index (χ2v) is 9.56. The minimum atomic E-state index is -3.22. The van der Waals surface area contributed by atoms with E-state index in [2.05, 4.69) is 0 Å². The van der Waals surface area contributed by atoms with E-state index in [1.807, 2.05) is 53.4 Å². The van der Waals surface area contributed by atoms with Gasteiger partial charge in [-0.25, -0.2) is 8.42 Å². The molecule has 0 unspecified atom stereocenters. The first-order chi connectivity index (χ1) is 13.9. The number of hydrogen-bond donors (Lipinski definition) is 0. The summed E-state index contributed by atoms with van der Waals surface area (Å²) in [5.41, 5.74) is 1.68. The lowest BCUT2D eigenvalue weighted by atomic mass is 10.0. The van der Waals surface area contributed by atoms with Gasteiger partial charge in [-0.3, -0.25) is 9.69 Å². The Morgan fingerprint density at radius 3 is 2.34 bits per heavy atom. The number of amides is 1. The van der Waals surface area contributed by atoms with Crippen LogP contribution in [0.2, 0.25) is 0 Å². The van der Waals surface area contributed by atoms with Crippen LogP contribution in [0.3, 0.4) is 0 Å². The Hall–Kier alpha value is -2.58. The summed E-state index contributed by atoms with van der Waals surface area (Å²) in [6, 6.07) is 14.3. The normalized spacial score (nSPS) is 23.7. The van der Waals surface area contributed by atoms with E-state index in [-0.39, 0.29) is 36.0 Å². The van der Waals surface area contributed by atoms with E-state index in [4.69, 9.17) is 9.47 Å². The maximum Gasteiger partial charge on any atom is 0.241 e. The van der Waals surface area contributed by atoms with Gasteiger partial charge in [-0.1, -0.05) is 24.3 Å². The Labute approximate surface area is 170 Å². The van der Waals surface area contributed by atoms with Crippen molar-refractivity contribution in [2.45, 2.75) is 18.6 Å². The maximum atomic E-state index is 13.0. The molecule has 154 valence electrons. The lowest BCUT2D eigenvalue weighted by Crippen LogP contribution is -2.61. The van der Waals surface area contributed by atoms with Gasteiger partial charge in [0, 0.05) is 18.3 Å². The smallest absolute Gasteiger partial charge is 0.241 e. The molecule has 0 saturated carbocycles. The maximum absolute atomic E-state index is 13.0. The van der Waals surface area contributed by atoms with Crippen LogP contribution in [0.15, 0.2) is 48.5 Å². The van der Waals surface area contributed by atoms with Crippen molar-refractivity contribution in [3.8, 4) is 11.5 Å². The average molecular weight is 416 g/mol. The quantitative estimate of drug-likeness (QED) is 0.739. The van der Waals surface area contributed by atoms with Crippen LogP contribution in [0.4, 0.5) is 5.69 Å². The highest BCUT2D eigenvalue weighted by Crippen LogP contribution is 2.33. The predicted octanol–water partition coefficient (Wildman–Crippen LogP) is 1.72. The number of sulfone groups is 1. The van der Waals surface area contributed by atoms with Crippen molar-refractivity contribution in [2.24, 2.45) is 0 Å². The molecule has 0 aliphatic carbocycles. The lowest BCUT2D eigenvalue weighted by molar-refractivity contribution is -0.123. The molecule has 0 bridgehead atoms. The summed E-state index contributed by atoms with van der Waals surface area (Å²) in [4.78, 5) is 16.7. The number of para-hydroxylation sites is 1. The number of carbonyl (C=O) groups is 1. The van der Waals surface area contributed by atoms with Crippen molar-refractivity contribution in [1.29, 1.82) is 0 Å². The first-order valence-electron chi connectivity index (χ1n) is 9.44. The Morgan fingerprint density at radius 2 is 1.66 bits per heavy atom. The number of benzene rings is 2. The third kappa shape index (κ3) is 3.82. The molecule has 4 rings (SSSR count). The fourth-order valence-corrected chi connectivity index (χ4v) is 6.25. The van der Waals surface area contributed by atoms with Gasteiger partial charge < -0.3 is 14.4 Å². The molecule has 2 aliphatic rings. The van der Waals surface area contributed by atoms with Gasteiger partial charge in [-0.15, -0.1) is 0 Å². The monoisotopic (exact) mass is 416 g/mol. The Kier molecular flexibility index (Phi) is 5.23. The summed E-state index contributed by atoms with van der Waals surface area (Å²) in [7, 11) is -0.0730. The van der Waals surface area contributed by atoms with Gasteiger partial charge >= 0.3 is 0 Å². The first kappa shape index (κ1) is 19.7. The zero-order valence-corrected chi connectivity index (χ0v) is 17.3. The topological polar surface area (TPSA) is 76.2 Å². The first-order valence-corrected chi connectivity index (χ1v) is 11.3. The molecule has 7 nitrogen and oxygen atoms in total. The van der Waals surface area contributed by atoms with Gasteiger partial charge in [0.15, 0.2) is 21.3 Å². The van der Waals surface area contributed by atoms with Crippen LogP contribution in [0, 0.1) is 0 Å². The molecule has 29 heavy (non-hydrogen) atoms. The fraction of sp³-hybridized carbons (Fsp3) is 0.381. The van der Waals surface area contributed by atoms with E-state index in [9.17, 15) is 13.2 Å². The van der Waals surface area contributed by atoms with Gasteiger partial charge in [0.25, 0.3) is 0 Å². The van der Waals surface area contributed by atoms with Crippen molar-refractivity contribution in [3.63, 3.8) is 0 Å². The number of ether oxygens (including phenoxy) is 2. The minimum absolute atomic E-state index is 0.0132. The highest BCUT2D eigenvalue weighted by molar-refractivity contribution is 7.91. The molecule has 0 radical (unpaired) electrons. The molecule has 1 amide bonds. The molecule has 2 aromatic rings.